The molecule has 0 aromatic rings. The molecule has 2 heteroatoms. The van der Waals surface area contributed by atoms with Gasteiger partial charge >= 0.3 is 0 Å². The molecule has 0 saturated heterocycles. The van der Waals surface area contributed by atoms with Crippen molar-refractivity contribution in [1.29, 1.82) is 0 Å². The molecule has 0 N–H and O–H groups in total. The van der Waals surface area contributed by atoms with E-state index in [0.29, 0.717) is 12.2 Å². The van der Waals surface area contributed by atoms with Gasteiger partial charge in [0.2, 0.25) is 0 Å². The molecule has 76 valence electrons. The Hall–Kier alpha value is -0.370. The zero-order chi connectivity index (χ0) is 9.90. The second-order valence-corrected chi connectivity index (χ2v) is 4.11. The molecule has 0 spiro atoms. The van der Waals surface area contributed by atoms with Gasteiger partial charge in [0.15, 0.2) is 0 Å². The quantitative estimate of drug-likeness (QED) is 0.614. The van der Waals surface area contributed by atoms with Gasteiger partial charge in [-0.3, -0.25) is 4.79 Å². The molecule has 1 aliphatic rings. The average molecular weight is 184 g/mol. The second-order valence-electron chi connectivity index (χ2n) is 4.11. The summed E-state index contributed by atoms with van der Waals surface area (Å²) in [4.78, 5) is 11.3. The van der Waals surface area contributed by atoms with Crippen LogP contribution in [0.3, 0.4) is 0 Å². The van der Waals surface area contributed by atoms with Gasteiger partial charge in [0.1, 0.15) is 5.78 Å². The summed E-state index contributed by atoms with van der Waals surface area (Å²) in [5, 5.41) is 0. The molecular formula is C11H20O2. The van der Waals surface area contributed by atoms with Gasteiger partial charge in [-0.25, -0.2) is 0 Å². The van der Waals surface area contributed by atoms with Crippen LogP contribution in [0.1, 0.15) is 46.5 Å². The summed E-state index contributed by atoms with van der Waals surface area (Å²) in [5.41, 5.74) is -0.173. The minimum atomic E-state index is -0.173. The first-order chi connectivity index (χ1) is 6.15. The molecule has 2 unspecified atom stereocenters. The molecule has 1 saturated carbocycles. The third-order valence-electron chi connectivity index (χ3n) is 3.27. The summed E-state index contributed by atoms with van der Waals surface area (Å²) in [7, 11) is 0. The summed E-state index contributed by atoms with van der Waals surface area (Å²) in [5.74, 6) is 0.372. The lowest BCUT2D eigenvalue weighted by molar-refractivity contribution is -0.161. The molecule has 2 nitrogen and oxygen atoms in total. The number of carbonyl (C=O) groups is 1. The lowest BCUT2D eigenvalue weighted by Crippen LogP contribution is -2.53. The number of hydrogen-bond acceptors (Lipinski definition) is 2. The zero-order valence-corrected chi connectivity index (χ0v) is 8.93. The summed E-state index contributed by atoms with van der Waals surface area (Å²) >= 11 is 0. The number of unbranched alkanes of at least 4 members (excludes halogenated alkanes) is 1. The van der Waals surface area contributed by atoms with Crippen LogP contribution in [0.5, 0.6) is 0 Å². The molecule has 0 radical (unpaired) electrons. The molecular weight excluding hydrogens is 164 g/mol. The minimum absolute atomic E-state index is 0.173. The van der Waals surface area contributed by atoms with Gasteiger partial charge in [0, 0.05) is 13.0 Å². The molecule has 13 heavy (non-hydrogen) atoms. The number of ketones is 1. The molecule has 1 aliphatic carbocycles. The first kappa shape index (κ1) is 10.7. The third-order valence-corrected chi connectivity index (χ3v) is 3.27. The van der Waals surface area contributed by atoms with Crippen LogP contribution >= 0.6 is 0 Å². The predicted octanol–water partition coefficient (Wildman–Crippen LogP) is 2.56. The summed E-state index contributed by atoms with van der Waals surface area (Å²) < 4.78 is 5.67. The lowest BCUT2D eigenvalue weighted by Gasteiger charge is -2.44. The Morgan fingerprint density at radius 2 is 2.23 bits per heavy atom. The highest BCUT2D eigenvalue weighted by Gasteiger charge is 2.50. The van der Waals surface area contributed by atoms with Crippen LogP contribution in [0, 0.1) is 5.41 Å². The summed E-state index contributed by atoms with van der Waals surface area (Å²) in [6.45, 7) is 7.04. The van der Waals surface area contributed by atoms with Crippen LogP contribution in [0.2, 0.25) is 0 Å². The van der Waals surface area contributed by atoms with Gasteiger partial charge in [-0.15, -0.1) is 0 Å². The minimum Gasteiger partial charge on any atom is -0.377 e. The highest BCUT2D eigenvalue weighted by atomic mass is 16.5. The van der Waals surface area contributed by atoms with Crippen molar-refractivity contribution in [2.45, 2.75) is 52.6 Å². The monoisotopic (exact) mass is 184 g/mol. The van der Waals surface area contributed by atoms with Crippen LogP contribution < -0.4 is 0 Å². The molecule has 0 bridgehead atoms. The first-order valence-corrected chi connectivity index (χ1v) is 5.30. The van der Waals surface area contributed by atoms with Crippen molar-refractivity contribution in [3.8, 4) is 0 Å². The van der Waals surface area contributed by atoms with Crippen LogP contribution in [0.4, 0.5) is 0 Å². The Kier molecular flexibility index (Phi) is 3.48. The SMILES string of the molecule is CCCCOC1CC(=O)C1(C)CC. The molecule has 0 aromatic heterocycles. The molecule has 1 rings (SSSR count). The van der Waals surface area contributed by atoms with E-state index < -0.39 is 0 Å². The van der Waals surface area contributed by atoms with Crippen LogP contribution in [0.25, 0.3) is 0 Å². The van der Waals surface area contributed by atoms with E-state index in [4.69, 9.17) is 4.74 Å². The number of carbonyl (C=O) groups excluding carboxylic acids is 1. The van der Waals surface area contributed by atoms with Crippen molar-refractivity contribution in [2.75, 3.05) is 6.61 Å². The largest absolute Gasteiger partial charge is 0.377 e. The maximum atomic E-state index is 11.3. The molecule has 2 atom stereocenters. The maximum Gasteiger partial charge on any atom is 0.143 e. The fraction of sp³-hybridized carbons (Fsp3) is 0.909. The average Bonchev–Trinajstić information content (AvgIpc) is 2.15. The van der Waals surface area contributed by atoms with E-state index in [1.165, 1.54) is 0 Å². The number of ether oxygens (including phenoxy) is 1. The summed E-state index contributed by atoms with van der Waals surface area (Å²) in [6, 6.07) is 0. The standard InChI is InChI=1S/C11H20O2/c1-4-6-7-13-10-8-9(12)11(10,3)5-2/h10H,4-8H2,1-3H3. The number of Topliss-reactive ketones (excluding diaryl/α,β-unsaturated/α-hetero) is 1. The normalized spacial score (nSPS) is 33.2. The molecule has 1 fully saturated rings. The third kappa shape index (κ3) is 1.93. The van der Waals surface area contributed by atoms with Gasteiger partial charge in [0.05, 0.1) is 11.5 Å². The van der Waals surface area contributed by atoms with Crippen LogP contribution in [-0.4, -0.2) is 18.5 Å². The van der Waals surface area contributed by atoms with Crippen molar-refractivity contribution in [1.82, 2.24) is 0 Å². The van der Waals surface area contributed by atoms with E-state index in [1.807, 2.05) is 6.92 Å². The maximum absolute atomic E-state index is 11.3. The topological polar surface area (TPSA) is 26.3 Å². The molecule has 0 amide bonds. The number of hydrogen-bond donors (Lipinski definition) is 0. The summed E-state index contributed by atoms with van der Waals surface area (Å²) in [6.07, 6.45) is 3.99. The van der Waals surface area contributed by atoms with Gasteiger partial charge in [-0.05, 0) is 12.8 Å². The fourth-order valence-corrected chi connectivity index (χ4v) is 1.71. The van der Waals surface area contributed by atoms with Crippen LogP contribution in [0.15, 0.2) is 0 Å². The van der Waals surface area contributed by atoms with Gasteiger partial charge in [-0.2, -0.15) is 0 Å². The smallest absolute Gasteiger partial charge is 0.143 e. The van der Waals surface area contributed by atoms with E-state index in [0.717, 1.165) is 25.9 Å². The van der Waals surface area contributed by atoms with E-state index in [9.17, 15) is 4.79 Å². The van der Waals surface area contributed by atoms with Gasteiger partial charge in [-0.1, -0.05) is 27.2 Å². The molecule has 0 aliphatic heterocycles. The van der Waals surface area contributed by atoms with Gasteiger partial charge in [0.25, 0.3) is 0 Å². The zero-order valence-electron chi connectivity index (χ0n) is 8.93. The first-order valence-electron chi connectivity index (χ1n) is 5.30. The predicted molar refractivity (Wildman–Crippen MR) is 52.7 cm³/mol. The van der Waals surface area contributed by atoms with E-state index in [1.54, 1.807) is 0 Å². The Morgan fingerprint density at radius 3 is 2.69 bits per heavy atom. The van der Waals surface area contributed by atoms with E-state index >= 15 is 0 Å². The number of rotatable bonds is 5. The van der Waals surface area contributed by atoms with Crippen molar-refractivity contribution in [3.63, 3.8) is 0 Å². The fourth-order valence-electron chi connectivity index (χ4n) is 1.71. The van der Waals surface area contributed by atoms with Gasteiger partial charge < -0.3 is 4.74 Å². The Labute approximate surface area is 80.7 Å². The van der Waals surface area contributed by atoms with E-state index in [-0.39, 0.29) is 11.5 Å². The highest BCUT2D eigenvalue weighted by Crippen LogP contribution is 2.42. The van der Waals surface area contributed by atoms with Crippen molar-refractivity contribution in [3.05, 3.63) is 0 Å². The Morgan fingerprint density at radius 1 is 1.54 bits per heavy atom. The van der Waals surface area contributed by atoms with Crippen molar-refractivity contribution in [2.24, 2.45) is 5.41 Å². The second kappa shape index (κ2) is 4.23. The van der Waals surface area contributed by atoms with Crippen molar-refractivity contribution < 1.29 is 9.53 Å². The van der Waals surface area contributed by atoms with Crippen molar-refractivity contribution >= 4 is 5.78 Å². The van der Waals surface area contributed by atoms with E-state index in [2.05, 4.69) is 13.8 Å². The molecule has 0 aromatic carbocycles. The Bertz CT molecular complexity index is 189. The Balaban J connectivity index is 2.32. The molecule has 0 heterocycles. The van der Waals surface area contributed by atoms with Crippen LogP contribution in [-0.2, 0) is 9.53 Å². The highest BCUT2D eigenvalue weighted by molar-refractivity contribution is 5.91. The lowest BCUT2D eigenvalue weighted by atomic mass is 9.64.